The molecule has 2 atom stereocenters. The maximum absolute atomic E-state index is 13.0. The molecule has 1 aromatic carbocycles. The molecule has 1 amide bonds. The first kappa shape index (κ1) is 15.8. The molecular weight excluding hydrogens is 314 g/mol. The van der Waals surface area contributed by atoms with E-state index in [0.717, 1.165) is 22.2 Å². The van der Waals surface area contributed by atoms with Crippen LogP contribution in [0.1, 0.15) is 27.7 Å². The number of hydrogen-bond acceptors (Lipinski definition) is 4. The molecule has 1 aliphatic rings. The molecular formula is C19H21N5O. The van der Waals surface area contributed by atoms with Crippen LogP contribution in [0.15, 0.2) is 42.9 Å². The van der Waals surface area contributed by atoms with Crippen molar-refractivity contribution in [2.45, 2.75) is 18.9 Å². The Kier molecular flexibility index (Phi) is 3.77. The SMILES string of the molecule is Cc1cc(C(=O)N2C[C@@H](N)[C@H](c3cn(C)cn3)C2)nc2ccccc12. The van der Waals surface area contributed by atoms with Crippen LogP contribution >= 0.6 is 0 Å². The molecule has 2 N–H and O–H groups in total. The number of rotatable bonds is 2. The van der Waals surface area contributed by atoms with Crippen molar-refractivity contribution in [2.75, 3.05) is 13.1 Å². The maximum atomic E-state index is 13.0. The molecule has 25 heavy (non-hydrogen) atoms. The Morgan fingerprint density at radius 1 is 1.28 bits per heavy atom. The summed E-state index contributed by atoms with van der Waals surface area (Å²) in [6.45, 7) is 3.10. The number of amides is 1. The van der Waals surface area contributed by atoms with E-state index in [9.17, 15) is 4.79 Å². The van der Waals surface area contributed by atoms with E-state index >= 15 is 0 Å². The summed E-state index contributed by atoms with van der Waals surface area (Å²) in [7, 11) is 1.93. The number of nitrogens with zero attached hydrogens (tertiary/aromatic N) is 4. The summed E-state index contributed by atoms with van der Waals surface area (Å²) in [5.41, 5.74) is 9.60. The van der Waals surface area contributed by atoms with E-state index in [1.54, 1.807) is 11.2 Å². The van der Waals surface area contributed by atoms with Gasteiger partial charge in [0, 0.05) is 43.7 Å². The highest BCUT2D eigenvalue weighted by Gasteiger charge is 2.36. The Morgan fingerprint density at radius 3 is 2.84 bits per heavy atom. The molecule has 0 spiro atoms. The number of aromatic nitrogens is 3. The highest BCUT2D eigenvalue weighted by atomic mass is 16.2. The average molecular weight is 335 g/mol. The second-order valence-corrected chi connectivity index (χ2v) is 6.79. The van der Waals surface area contributed by atoms with Gasteiger partial charge in [-0.25, -0.2) is 9.97 Å². The van der Waals surface area contributed by atoms with Crippen LogP contribution in [0.2, 0.25) is 0 Å². The van der Waals surface area contributed by atoms with Gasteiger partial charge in [-0.15, -0.1) is 0 Å². The Balaban J connectivity index is 1.61. The number of imidazole rings is 1. The Bertz CT molecular complexity index is 948. The fourth-order valence-corrected chi connectivity index (χ4v) is 3.55. The van der Waals surface area contributed by atoms with Crippen LogP contribution in [0.5, 0.6) is 0 Å². The van der Waals surface area contributed by atoms with Gasteiger partial charge >= 0.3 is 0 Å². The molecule has 128 valence electrons. The number of carbonyl (C=O) groups is 1. The molecule has 0 bridgehead atoms. The monoisotopic (exact) mass is 335 g/mol. The standard InChI is InChI=1S/C19H21N5O/c1-12-7-17(22-16-6-4-3-5-13(12)16)19(25)24-8-14(15(20)9-24)18-10-23(2)11-21-18/h3-7,10-11,14-15H,8-9,20H2,1-2H3/t14-,15-/m1/s1. The second kappa shape index (κ2) is 5.97. The van der Waals surface area contributed by atoms with E-state index in [4.69, 9.17) is 5.73 Å². The molecule has 1 fully saturated rings. The third-order valence-corrected chi connectivity index (χ3v) is 4.90. The van der Waals surface area contributed by atoms with Gasteiger partial charge in [0.15, 0.2) is 0 Å². The Labute approximate surface area is 146 Å². The van der Waals surface area contributed by atoms with Crippen LogP contribution in [-0.2, 0) is 7.05 Å². The first-order chi connectivity index (χ1) is 12.0. The Hall–Kier alpha value is -2.73. The van der Waals surface area contributed by atoms with Crippen molar-refractivity contribution in [3.8, 4) is 0 Å². The number of hydrogen-bond donors (Lipinski definition) is 1. The molecule has 1 saturated heterocycles. The zero-order valence-corrected chi connectivity index (χ0v) is 14.4. The molecule has 2 aromatic heterocycles. The molecule has 3 aromatic rings. The number of benzene rings is 1. The predicted molar refractivity (Wildman–Crippen MR) is 96.3 cm³/mol. The topological polar surface area (TPSA) is 77.0 Å². The molecule has 3 heterocycles. The highest BCUT2D eigenvalue weighted by molar-refractivity contribution is 5.96. The van der Waals surface area contributed by atoms with E-state index < -0.39 is 0 Å². The third kappa shape index (κ3) is 2.78. The number of aryl methyl sites for hydroxylation is 2. The molecule has 6 nitrogen and oxygen atoms in total. The molecule has 6 heteroatoms. The first-order valence-corrected chi connectivity index (χ1v) is 8.42. The quantitative estimate of drug-likeness (QED) is 0.775. The number of carbonyl (C=O) groups excluding carboxylic acids is 1. The molecule has 1 aliphatic heterocycles. The number of nitrogens with two attached hydrogens (primary N) is 1. The van der Waals surface area contributed by atoms with E-state index in [1.165, 1.54) is 0 Å². The van der Waals surface area contributed by atoms with Gasteiger partial charge in [-0.1, -0.05) is 18.2 Å². The summed E-state index contributed by atoms with van der Waals surface area (Å²) in [5, 5.41) is 1.07. The fourth-order valence-electron chi connectivity index (χ4n) is 3.55. The second-order valence-electron chi connectivity index (χ2n) is 6.79. The molecule has 0 radical (unpaired) electrons. The van der Waals surface area contributed by atoms with Crippen molar-refractivity contribution in [3.05, 3.63) is 59.8 Å². The van der Waals surface area contributed by atoms with Gasteiger partial charge in [-0.05, 0) is 24.6 Å². The predicted octanol–water partition coefficient (Wildman–Crippen LogP) is 1.84. The molecule has 4 rings (SSSR count). The van der Waals surface area contributed by atoms with Gasteiger partial charge in [-0.2, -0.15) is 0 Å². The Morgan fingerprint density at radius 2 is 2.08 bits per heavy atom. The summed E-state index contributed by atoms with van der Waals surface area (Å²) < 4.78 is 1.90. The van der Waals surface area contributed by atoms with Crippen molar-refractivity contribution >= 4 is 16.8 Å². The summed E-state index contributed by atoms with van der Waals surface area (Å²) in [6, 6.07) is 9.63. The van der Waals surface area contributed by atoms with Crippen LogP contribution in [0.3, 0.4) is 0 Å². The zero-order chi connectivity index (χ0) is 17.6. The summed E-state index contributed by atoms with van der Waals surface area (Å²) >= 11 is 0. The lowest BCUT2D eigenvalue weighted by molar-refractivity contribution is 0.0783. The van der Waals surface area contributed by atoms with E-state index in [2.05, 4.69) is 9.97 Å². The summed E-state index contributed by atoms with van der Waals surface area (Å²) in [4.78, 5) is 23.7. The fraction of sp³-hybridized carbons (Fsp3) is 0.316. The lowest BCUT2D eigenvalue weighted by atomic mass is 10.0. The van der Waals surface area contributed by atoms with Gasteiger partial charge in [0.2, 0.25) is 0 Å². The van der Waals surface area contributed by atoms with E-state index in [-0.39, 0.29) is 17.9 Å². The third-order valence-electron chi connectivity index (χ3n) is 4.90. The zero-order valence-electron chi connectivity index (χ0n) is 14.4. The van der Waals surface area contributed by atoms with E-state index in [1.807, 2.05) is 55.1 Å². The van der Waals surface area contributed by atoms with Gasteiger partial charge < -0.3 is 15.2 Å². The van der Waals surface area contributed by atoms with Crippen molar-refractivity contribution in [3.63, 3.8) is 0 Å². The lowest BCUT2D eigenvalue weighted by Crippen LogP contribution is -2.32. The molecule has 0 aliphatic carbocycles. The van der Waals surface area contributed by atoms with Crippen LogP contribution in [-0.4, -0.2) is 44.5 Å². The van der Waals surface area contributed by atoms with Gasteiger partial charge in [0.1, 0.15) is 5.69 Å². The van der Waals surface area contributed by atoms with Crippen LogP contribution in [0.25, 0.3) is 10.9 Å². The number of pyridine rings is 1. The van der Waals surface area contributed by atoms with Gasteiger partial charge in [0.05, 0.1) is 17.5 Å². The molecule has 0 saturated carbocycles. The largest absolute Gasteiger partial charge is 0.340 e. The highest BCUT2D eigenvalue weighted by Crippen LogP contribution is 2.27. The number of fused-ring (bicyclic) bond motifs is 1. The van der Waals surface area contributed by atoms with Crippen molar-refractivity contribution in [2.24, 2.45) is 12.8 Å². The van der Waals surface area contributed by atoms with Crippen molar-refractivity contribution in [1.29, 1.82) is 0 Å². The summed E-state index contributed by atoms with van der Waals surface area (Å²) in [6.07, 6.45) is 3.73. The molecule has 0 unspecified atom stereocenters. The normalized spacial score (nSPS) is 20.4. The van der Waals surface area contributed by atoms with Crippen molar-refractivity contribution < 1.29 is 4.79 Å². The smallest absolute Gasteiger partial charge is 0.272 e. The minimum absolute atomic E-state index is 0.0618. The summed E-state index contributed by atoms with van der Waals surface area (Å²) in [5.74, 6) is -0.00515. The van der Waals surface area contributed by atoms with Gasteiger partial charge in [0.25, 0.3) is 5.91 Å². The van der Waals surface area contributed by atoms with Crippen LogP contribution in [0.4, 0.5) is 0 Å². The minimum atomic E-state index is -0.111. The first-order valence-electron chi connectivity index (χ1n) is 8.42. The average Bonchev–Trinajstić information content (AvgIpc) is 3.20. The van der Waals surface area contributed by atoms with Crippen molar-refractivity contribution in [1.82, 2.24) is 19.4 Å². The van der Waals surface area contributed by atoms with Crippen LogP contribution < -0.4 is 5.73 Å². The van der Waals surface area contributed by atoms with E-state index in [0.29, 0.717) is 18.8 Å². The van der Waals surface area contributed by atoms with Gasteiger partial charge in [-0.3, -0.25) is 4.79 Å². The number of para-hydroxylation sites is 1. The van der Waals surface area contributed by atoms with Crippen LogP contribution in [0, 0.1) is 6.92 Å². The minimum Gasteiger partial charge on any atom is -0.340 e. The maximum Gasteiger partial charge on any atom is 0.272 e. The number of likely N-dealkylation sites (tertiary alicyclic amines) is 1. The lowest BCUT2D eigenvalue weighted by Gasteiger charge is -2.16.